The van der Waals surface area contributed by atoms with E-state index in [1.54, 1.807) is 6.07 Å². The lowest BCUT2D eigenvalue weighted by Gasteiger charge is -2.16. The summed E-state index contributed by atoms with van der Waals surface area (Å²) in [5.41, 5.74) is 1.98. The van der Waals surface area contributed by atoms with Crippen LogP contribution in [0.1, 0.15) is 43.6 Å². The average Bonchev–Trinajstić information content (AvgIpc) is 3.24. The summed E-state index contributed by atoms with van der Waals surface area (Å²) >= 11 is 0. The quantitative estimate of drug-likeness (QED) is 0.406. The number of rotatable bonds is 6. The van der Waals surface area contributed by atoms with E-state index in [9.17, 15) is 14.4 Å². The molecule has 3 aromatic rings. The molecule has 0 aliphatic carbocycles. The number of nitrogens with zero attached hydrogens (tertiary/aromatic N) is 1. The molecule has 7 nitrogen and oxygen atoms in total. The molecule has 0 spiro atoms. The van der Waals surface area contributed by atoms with Gasteiger partial charge in [-0.1, -0.05) is 43.0 Å². The van der Waals surface area contributed by atoms with Crippen molar-refractivity contribution in [3.05, 3.63) is 83.2 Å². The minimum Gasteiger partial charge on any atom is -0.478 e. The SMILES string of the molecule is CCOC(=O)c1ccn(-c2ccc([Si](C)(C)C)cc2)c1.Cc1c(C(=O)O)cccc1C(=O)O. The van der Waals surface area contributed by atoms with Gasteiger partial charge in [0.05, 0.1) is 31.4 Å². The van der Waals surface area contributed by atoms with E-state index in [2.05, 4.69) is 43.9 Å². The van der Waals surface area contributed by atoms with Crippen LogP contribution in [0.3, 0.4) is 0 Å². The van der Waals surface area contributed by atoms with Crippen molar-refractivity contribution in [1.82, 2.24) is 4.57 Å². The Hall–Kier alpha value is -3.65. The Bertz CT molecular complexity index is 1110. The summed E-state index contributed by atoms with van der Waals surface area (Å²) in [6.45, 7) is 10.7. The lowest BCUT2D eigenvalue weighted by atomic mass is 10.0. The lowest BCUT2D eigenvalue weighted by molar-refractivity contribution is 0.0525. The summed E-state index contributed by atoms with van der Waals surface area (Å²) in [6.07, 6.45) is 3.69. The van der Waals surface area contributed by atoms with Crippen molar-refractivity contribution in [1.29, 1.82) is 0 Å². The highest BCUT2D eigenvalue weighted by atomic mass is 28.3. The fourth-order valence-electron chi connectivity index (χ4n) is 3.12. The van der Waals surface area contributed by atoms with Gasteiger partial charge in [0.1, 0.15) is 0 Å². The second-order valence-electron chi connectivity index (χ2n) is 8.41. The third-order valence-electron chi connectivity index (χ3n) is 5.03. The lowest BCUT2D eigenvalue weighted by Crippen LogP contribution is -2.37. The third kappa shape index (κ3) is 6.66. The first-order valence-corrected chi connectivity index (χ1v) is 14.0. The molecule has 1 heterocycles. The maximum atomic E-state index is 11.6. The van der Waals surface area contributed by atoms with Crippen molar-refractivity contribution in [2.24, 2.45) is 0 Å². The van der Waals surface area contributed by atoms with Crippen LogP contribution in [0.5, 0.6) is 0 Å². The summed E-state index contributed by atoms with van der Waals surface area (Å²) < 4.78 is 6.94. The molecule has 2 aromatic carbocycles. The van der Waals surface area contributed by atoms with E-state index in [1.165, 1.54) is 30.3 Å². The minimum absolute atomic E-state index is 0.0277. The number of aromatic nitrogens is 1. The molecule has 0 atom stereocenters. The Morgan fingerprint density at radius 1 is 0.909 bits per heavy atom. The van der Waals surface area contributed by atoms with Gasteiger partial charge in [0.25, 0.3) is 0 Å². The number of carbonyl (C=O) groups excluding carboxylic acids is 1. The summed E-state index contributed by atoms with van der Waals surface area (Å²) in [5.74, 6) is -2.49. The highest BCUT2D eigenvalue weighted by Gasteiger charge is 2.16. The molecule has 0 radical (unpaired) electrons. The van der Waals surface area contributed by atoms with Gasteiger partial charge in [-0.2, -0.15) is 0 Å². The molecule has 8 heteroatoms. The van der Waals surface area contributed by atoms with E-state index in [-0.39, 0.29) is 22.7 Å². The van der Waals surface area contributed by atoms with Crippen molar-refractivity contribution in [2.75, 3.05) is 6.61 Å². The topological polar surface area (TPSA) is 106 Å². The number of hydrogen-bond acceptors (Lipinski definition) is 4. The van der Waals surface area contributed by atoms with E-state index in [0.29, 0.717) is 12.2 Å². The molecule has 0 aliphatic rings. The van der Waals surface area contributed by atoms with Crippen LogP contribution in [-0.2, 0) is 4.74 Å². The molecule has 1 aromatic heterocycles. The zero-order valence-electron chi connectivity index (χ0n) is 19.5. The Labute approximate surface area is 194 Å². The van der Waals surface area contributed by atoms with Gasteiger partial charge in [0, 0.05) is 18.1 Å². The Balaban J connectivity index is 0.000000257. The fraction of sp³-hybridized carbons (Fsp3) is 0.240. The largest absolute Gasteiger partial charge is 0.478 e. The molecule has 2 N–H and O–H groups in total. The van der Waals surface area contributed by atoms with Crippen LogP contribution in [0.25, 0.3) is 5.69 Å². The van der Waals surface area contributed by atoms with Crippen LogP contribution < -0.4 is 5.19 Å². The molecule has 0 bridgehead atoms. The minimum atomic E-state index is -1.26. The Morgan fingerprint density at radius 3 is 1.91 bits per heavy atom. The number of carbonyl (C=O) groups is 3. The monoisotopic (exact) mass is 467 g/mol. The number of benzene rings is 2. The molecule has 3 rings (SSSR count). The van der Waals surface area contributed by atoms with E-state index in [4.69, 9.17) is 14.9 Å². The average molecular weight is 468 g/mol. The van der Waals surface area contributed by atoms with Gasteiger partial charge in [-0.15, -0.1) is 0 Å². The first kappa shape index (κ1) is 25.6. The van der Waals surface area contributed by atoms with Crippen molar-refractivity contribution >= 4 is 31.2 Å². The molecular weight excluding hydrogens is 438 g/mol. The second-order valence-corrected chi connectivity index (χ2v) is 13.5. The highest BCUT2D eigenvalue weighted by molar-refractivity contribution is 6.88. The summed E-state index contributed by atoms with van der Waals surface area (Å²) in [4.78, 5) is 32.9. The standard InChI is InChI=1S/C16H21NO2Si.C9H8O4/c1-5-19-16(18)13-10-11-17(12-13)14-6-8-15(9-7-14)20(2,3)4;1-5-6(8(10)11)3-2-4-7(5)9(12)13/h6-12H,5H2,1-4H3;2-4H,1H3,(H,10,11)(H,12,13). The molecular formula is C25H29NO6Si. The first-order chi connectivity index (χ1) is 15.5. The molecule has 0 saturated carbocycles. The fourth-order valence-corrected chi connectivity index (χ4v) is 4.29. The van der Waals surface area contributed by atoms with Gasteiger partial charge < -0.3 is 19.5 Å². The Kier molecular flexibility index (Phi) is 8.36. The number of aromatic carboxylic acids is 2. The van der Waals surface area contributed by atoms with Gasteiger partial charge in [-0.25, -0.2) is 14.4 Å². The maximum Gasteiger partial charge on any atom is 0.339 e. The molecule has 0 unspecified atom stereocenters. The van der Waals surface area contributed by atoms with E-state index >= 15 is 0 Å². The van der Waals surface area contributed by atoms with Crippen LogP contribution in [-0.4, -0.2) is 47.4 Å². The van der Waals surface area contributed by atoms with Crippen LogP contribution in [0, 0.1) is 6.92 Å². The predicted octanol–water partition coefficient (Wildman–Crippen LogP) is 4.59. The number of carboxylic acids is 2. The van der Waals surface area contributed by atoms with Crippen molar-refractivity contribution in [3.8, 4) is 5.69 Å². The first-order valence-electron chi connectivity index (χ1n) is 10.5. The van der Waals surface area contributed by atoms with E-state index in [0.717, 1.165) is 5.69 Å². The normalized spacial score (nSPS) is 10.7. The van der Waals surface area contributed by atoms with Crippen LogP contribution in [0.15, 0.2) is 60.9 Å². The van der Waals surface area contributed by atoms with Crippen molar-refractivity contribution in [3.63, 3.8) is 0 Å². The smallest absolute Gasteiger partial charge is 0.339 e. The van der Waals surface area contributed by atoms with Gasteiger partial charge >= 0.3 is 17.9 Å². The number of carboxylic acid groups (broad SMARTS) is 2. The number of esters is 1. The van der Waals surface area contributed by atoms with Gasteiger partial charge in [0.15, 0.2) is 0 Å². The summed E-state index contributed by atoms with van der Waals surface area (Å²) in [7, 11) is -1.26. The van der Waals surface area contributed by atoms with Crippen LogP contribution >= 0.6 is 0 Å². The van der Waals surface area contributed by atoms with Gasteiger partial charge in [-0.05, 0) is 49.7 Å². The molecule has 0 amide bonds. The molecule has 0 fully saturated rings. The van der Waals surface area contributed by atoms with Crippen molar-refractivity contribution in [2.45, 2.75) is 33.5 Å². The van der Waals surface area contributed by atoms with Gasteiger partial charge in [-0.3, -0.25) is 0 Å². The summed E-state index contributed by atoms with van der Waals surface area (Å²) in [6, 6.07) is 14.5. The molecule has 174 valence electrons. The second kappa shape index (κ2) is 10.8. The molecule has 0 aliphatic heterocycles. The third-order valence-corrected chi connectivity index (χ3v) is 7.10. The molecule has 0 saturated heterocycles. The van der Waals surface area contributed by atoms with Gasteiger partial charge in [0.2, 0.25) is 0 Å². The summed E-state index contributed by atoms with van der Waals surface area (Å²) in [5, 5.41) is 18.8. The maximum absolute atomic E-state index is 11.6. The number of ether oxygens (including phenoxy) is 1. The van der Waals surface area contributed by atoms with Crippen molar-refractivity contribution < 1.29 is 29.3 Å². The number of hydrogen-bond donors (Lipinski definition) is 2. The molecule has 33 heavy (non-hydrogen) atoms. The predicted molar refractivity (Wildman–Crippen MR) is 130 cm³/mol. The zero-order chi connectivity index (χ0) is 24.8. The van der Waals surface area contributed by atoms with Crippen LogP contribution in [0.2, 0.25) is 19.6 Å². The van der Waals surface area contributed by atoms with E-state index in [1.807, 2.05) is 23.9 Å². The highest BCUT2D eigenvalue weighted by Crippen LogP contribution is 2.14. The Morgan fingerprint density at radius 2 is 1.45 bits per heavy atom. The zero-order valence-corrected chi connectivity index (χ0v) is 20.5. The van der Waals surface area contributed by atoms with Crippen LogP contribution in [0.4, 0.5) is 0 Å². The van der Waals surface area contributed by atoms with E-state index < -0.39 is 20.0 Å².